The molecule has 0 saturated carbocycles. The maximum atomic E-state index is 13.1. The third kappa shape index (κ3) is 2.50. The van der Waals surface area contributed by atoms with Crippen LogP contribution in [0.15, 0.2) is 24.3 Å². The monoisotopic (exact) mass is 229 g/mol. The maximum absolute atomic E-state index is 13.1. The van der Waals surface area contributed by atoms with Crippen LogP contribution < -0.4 is 10.1 Å². The minimum atomic E-state index is -2.47. The lowest BCUT2D eigenvalue weighted by molar-refractivity contribution is 0.0393. The van der Waals surface area contributed by atoms with Crippen molar-refractivity contribution in [3.63, 3.8) is 0 Å². The summed E-state index contributed by atoms with van der Waals surface area (Å²) in [7, 11) is 1.52. The van der Waals surface area contributed by atoms with Gasteiger partial charge in [0.2, 0.25) is 0 Å². The Morgan fingerprint density at radius 2 is 2.12 bits per heavy atom. The summed E-state index contributed by atoms with van der Waals surface area (Å²) < 4.78 is 31.2. The molecule has 1 aromatic carbocycles. The molecule has 0 aliphatic carbocycles. The Labute approximate surface area is 94.6 Å². The Morgan fingerprint density at radius 1 is 1.44 bits per heavy atom. The van der Waals surface area contributed by atoms with Crippen LogP contribution in [-0.2, 0) is 5.54 Å². The van der Waals surface area contributed by atoms with Crippen molar-refractivity contribution in [3.05, 3.63) is 29.8 Å². The van der Waals surface area contributed by atoms with Crippen LogP contribution in [0.1, 0.15) is 19.4 Å². The molecule has 90 valence electrons. The lowest BCUT2D eigenvalue weighted by Gasteiger charge is -2.30. The molecule has 1 rings (SSSR count). The summed E-state index contributed by atoms with van der Waals surface area (Å²) in [6, 6.07) is 6.76. The van der Waals surface area contributed by atoms with Crippen molar-refractivity contribution in [3.8, 4) is 5.75 Å². The van der Waals surface area contributed by atoms with Gasteiger partial charge in [0.1, 0.15) is 11.3 Å². The van der Waals surface area contributed by atoms with E-state index in [-0.39, 0.29) is 0 Å². The van der Waals surface area contributed by atoms with Crippen LogP contribution >= 0.6 is 0 Å². The Bertz CT molecular complexity index is 344. The zero-order valence-corrected chi connectivity index (χ0v) is 9.76. The number of hydrogen-bond acceptors (Lipinski definition) is 2. The van der Waals surface area contributed by atoms with Crippen molar-refractivity contribution >= 4 is 0 Å². The molecule has 0 bridgehead atoms. The van der Waals surface area contributed by atoms with Crippen molar-refractivity contribution in [2.75, 3.05) is 13.7 Å². The second-order valence-electron chi connectivity index (χ2n) is 3.77. The minimum absolute atomic E-state index is 0.484. The first-order valence-electron chi connectivity index (χ1n) is 5.22. The molecule has 0 aromatic heterocycles. The Morgan fingerprint density at radius 3 is 2.62 bits per heavy atom. The van der Waals surface area contributed by atoms with E-state index < -0.39 is 12.0 Å². The topological polar surface area (TPSA) is 21.3 Å². The Kier molecular flexibility index (Phi) is 4.24. The second kappa shape index (κ2) is 5.25. The van der Waals surface area contributed by atoms with E-state index >= 15 is 0 Å². The van der Waals surface area contributed by atoms with E-state index in [1.54, 1.807) is 31.2 Å². The van der Waals surface area contributed by atoms with E-state index in [0.29, 0.717) is 17.9 Å². The Balaban J connectivity index is 3.10. The number of ether oxygens (including phenoxy) is 1. The van der Waals surface area contributed by atoms with E-state index in [1.165, 1.54) is 14.0 Å². The molecule has 0 fully saturated rings. The van der Waals surface area contributed by atoms with Crippen LogP contribution in [0, 0.1) is 0 Å². The van der Waals surface area contributed by atoms with Crippen molar-refractivity contribution < 1.29 is 13.5 Å². The summed E-state index contributed by atoms with van der Waals surface area (Å²) >= 11 is 0. The van der Waals surface area contributed by atoms with Gasteiger partial charge in [0.25, 0.3) is 6.43 Å². The number of alkyl halides is 2. The summed E-state index contributed by atoms with van der Waals surface area (Å²) in [5.74, 6) is 0.585. The van der Waals surface area contributed by atoms with Gasteiger partial charge in [-0.1, -0.05) is 19.1 Å². The van der Waals surface area contributed by atoms with Gasteiger partial charge >= 0.3 is 0 Å². The van der Waals surface area contributed by atoms with E-state index in [9.17, 15) is 8.78 Å². The predicted molar refractivity (Wildman–Crippen MR) is 60.0 cm³/mol. The molecule has 2 nitrogen and oxygen atoms in total. The number of rotatable bonds is 5. The molecule has 0 heterocycles. The largest absolute Gasteiger partial charge is 0.497 e. The zero-order valence-electron chi connectivity index (χ0n) is 9.76. The summed E-state index contributed by atoms with van der Waals surface area (Å²) in [4.78, 5) is 0. The van der Waals surface area contributed by atoms with Crippen LogP contribution in [-0.4, -0.2) is 20.1 Å². The third-order valence-corrected chi connectivity index (χ3v) is 2.65. The van der Waals surface area contributed by atoms with E-state index in [4.69, 9.17) is 4.74 Å². The number of methoxy groups -OCH3 is 1. The smallest absolute Gasteiger partial charge is 0.260 e. The molecule has 0 amide bonds. The van der Waals surface area contributed by atoms with Crippen LogP contribution in [0.4, 0.5) is 8.78 Å². The number of halogens is 2. The first-order valence-corrected chi connectivity index (χ1v) is 5.22. The molecule has 0 aliphatic heterocycles. The molecule has 1 N–H and O–H groups in total. The second-order valence-corrected chi connectivity index (χ2v) is 3.77. The van der Waals surface area contributed by atoms with Gasteiger partial charge in [-0.25, -0.2) is 8.78 Å². The number of nitrogens with one attached hydrogen (secondary N) is 1. The van der Waals surface area contributed by atoms with Crippen molar-refractivity contribution in [2.24, 2.45) is 0 Å². The molecule has 0 spiro atoms. The van der Waals surface area contributed by atoms with Crippen LogP contribution in [0.5, 0.6) is 5.75 Å². The lowest BCUT2D eigenvalue weighted by atomic mass is 9.92. The fraction of sp³-hybridized carbons (Fsp3) is 0.500. The van der Waals surface area contributed by atoms with Gasteiger partial charge in [0, 0.05) is 0 Å². The van der Waals surface area contributed by atoms with Crippen LogP contribution in [0.2, 0.25) is 0 Å². The fourth-order valence-corrected chi connectivity index (χ4v) is 1.62. The normalized spacial score (nSPS) is 14.9. The summed E-state index contributed by atoms with van der Waals surface area (Å²) in [5.41, 5.74) is -0.799. The van der Waals surface area contributed by atoms with Gasteiger partial charge < -0.3 is 10.1 Å². The highest BCUT2D eigenvalue weighted by atomic mass is 19.3. The molecule has 0 radical (unpaired) electrons. The van der Waals surface area contributed by atoms with Crippen molar-refractivity contribution in [1.82, 2.24) is 5.32 Å². The van der Waals surface area contributed by atoms with E-state index in [2.05, 4.69) is 5.32 Å². The van der Waals surface area contributed by atoms with Gasteiger partial charge in [-0.3, -0.25) is 0 Å². The summed E-state index contributed by atoms with van der Waals surface area (Å²) in [6.07, 6.45) is -2.47. The third-order valence-electron chi connectivity index (χ3n) is 2.65. The fourth-order valence-electron chi connectivity index (χ4n) is 1.62. The maximum Gasteiger partial charge on any atom is 0.260 e. The molecule has 4 heteroatoms. The van der Waals surface area contributed by atoms with Gasteiger partial charge in [0.05, 0.1) is 7.11 Å². The van der Waals surface area contributed by atoms with Crippen molar-refractivity contribution in [1.29, 1.82) is 0 Å². The molecule has 0 aliphatic rings. The molecular weight excluding hydrogens is 212 g/mol. The molecular formula is C12H17F2NO. The first kappa shape index (κ1) is 12.9. The minimum Gasteiger partial charge on any atom is -0.497 e. The average Bonchev–Trinajstić information content (AvgIpc) is 2.29. The average molecular weight is 229 g/mol. The molecule has 1 atom stereocenters. The molecule has 16 heavy (non-hydrogen) atoms. The first-order chi connectivity index (χ1) is 7.54. The standard InChI is InChI=1S/C12H17F2NO/c1-4-15-12(2,11(13)14)9-6-5-7-10(8-9)16-3/h5-8,11,15H,4H2,1-3H3. The van der Waals surface area contributed by atoms with E-state index in [0.717, 1.165) is 0 Å². The molecule has 1 aromatic rings. The van der Waals surface area contributed by atoms with Gasteiger partial charge in [0.15, 0.2) is 0 Å². The van der Waals surface area contributed by atoms with Crippen LogP contribution in [0.25, 0.3) is 0 Å². The lowest BCUT2D eigenvalue weighted by Crippen LogP contribution is -2.45. The summed E-state index contributed by atoms with van der Waals surface area (Å²) in [6.45, 7) is 3.79. The summed E-state index contributed by atoms with van der Waals surface area (Å²) in [5, 5.41) is 2.82. The highest BCUT2D eigenvalue weighted by molar-refractivity contribution is 5.33. The predicted octanol–water partition coefficient (Wildman–Crippen LogP) is 2.79. The molecule has 1 unspecified atom stereocenters. The highest BCUT2D eigenvalue weighted by Gasteiger charge is 2.36. The van der Waals surface area contributed by atoms with Gasteiger partial charge in [-0.15, -0.1) is 0 Å². The Hall–Kier alpha value is -1.16. The van der Waals surface area contributed by atoms with Crippen molar-refractivity contribution in [2.45, 2.75) is 25.8 Å². The SMILES string of the molecule is CCNC(C)(c1cccc(OC)c1)C(F)F. The van der Waals surface area contributed by atoms with E-state index in [1.807, 2.05) is 0 Å². The zero-order chi connectivity index (χ0) is 12.2. The van der Waals surface area contributed by atoms with Gasteiger partial charge in [-0.05, 0) is 31.2 Å². The van der Waals surface area contributed by atoms with Gasteiger partial charge in [-0.2, -0.15) is 0 Å². The number of hydrogen-bond donors (Lipinski definition) is 1. The highest BCUT2D eigenvalue weighted by Crippen LogP contribution is 2.30. The van der Waals surface area contributed by atoms with Crippen LogP contribution in [0.3, 0.4) is 0 Å². The molecule has 0 saturated heterocycles. The quantitative estimate of drug-likeness (QED) is 0.838. The number of benzene rings is 1.